The number of aliphatic hydroxyl groups excluding tert-OH is 1. The van der Waals surface area contributed by atoms with Gasteiger partial charge in [0.2, 0.25) is 10.0 Å². The summed E-state index contributed by atoms with van der Waals surface area (Å²) in [4.78, 5) is 0. The molecule has 0 saturated carbocycles. The maximum absolute atomic E-state index is 11.1. The Labute approximate surface area is 133 Å². The van der Waals surface area contributed by atoms with Gasteiger partial charge in [-0.15, -0.1) is 0 Å². The lowest BCUT2D eigenvalue weighted by Crippen LogP contribution is -2.09. The quantitative estimate of drug-likeness (QED) is 0.613. The molecule has 0 aliphatic carbocycles. The van der Waals surface area contributed by atoms with Crippen LogP contribution in [0.1, 0.15) is 31.2 Å². The summed E-state index contributed by atoms with van der Waals surface area (Å²) in [5.41, 5.74) is 1.55. The number of ether oxygens (including phenoxy) is 1. The SMILES string of the molecule is CS(=O)(=O)Nc1ccc(/C=C\COCCCCCCO)cc1. The van der Waals surface area contributed by atoms with Gasteiger partial charge in [-0.2, -0.15) is 0 Å². The van der Waals surface area contributed by atoms with E-state index >= 15 is 0 Å². The average Bonchev–Trinajstić information content (AvgIpc) is 2.46. The number of nitrogens with one attached hydrogen (secondary N) is 1. The summed E-state index contributed by atoms with van der Waals surface area (Å²) in [5.74, 6) is 0. The van der Waals surface area contributed by atoms with Crippen molar-refractivity contribution in [2.24, 2.45) is 0 Å². The molecule has 1 aromatic rings. The molecule has 0 saturated heterocycles. The van der Waals surface area contributed by atoms with Gasteiger partial charge >= 0.3 is 0 Å². The van der Waals surface area contributed by atoms with Gasteiger partial charge in [0.15, 0.2) is 0 Å². The van der Waals surface area contributed by atoms with E-state index in [-0.39, 0.29) is 6.61 Å². The van der Waals surface area contributed by atoms with Crippen LogP contribution in [-0.2, 0) is 14.8 Å². The Morgan fingerprint density at radius 3 is 2.45 bits per heavy atom. The molecule has 22 heavy (non-hydrogen) atoms. The number of hydrogen-bond donors (Lipinski definition) is 2. The van der Waals surface area contributed by atoms with Gasteiger partial charge in [0.25, 0.3) is 0 Å². The summed E-state index contributed by atoms with van der Waals surface area (Å²) in [6.45, 7) is 1.55. The zero-order valence-electron chi connectivity index (χ0n) is 13.0. The number of hydrogen-bond acceptors (Lipinski definition) is 4. The van der Waals surface area contributed by atoms with Crippen LogP contribution in [-0.4, -0.2) is 39.6 Å². The van der Waals surface area contributed by atoms with Crippen LogP contribution in [0.2, 0.25) is 0 Å². The van der Waals surface area contributed by atoms with E-state index in [4.69, 9.17) is 9.84 Å². The lowest BCUT2D eigenvalue weighted by Gasteiger charge is -2.03. The Hall–Kier alpha value is -1.37. The molecule has 1 rings (SSSR count). The molecule has 0 atom stereocenters. The first kappa shape index (κ1) is 18.7. The molecule has 1 aromatic carbocycles. The molecular formula is C16H25NO4S. The first-order valence-electron chi connectivity index (χ1n) is 7.44. The van der Waals surface area contributed by atoms with Crippen molar-refractivity contribution < 1.29 is 18.3 Å². The molecule has 5 nitrogen and oxygen atoms in total. The Bertz CT molecular complexity index is 538. The third-order valence-electron chi connectivity index (χ3n) is 2.94. The Morgan fingerprint density at radius 1 is 1.14 bits per heavy atom. The van der Waals surface area contributed by atoms with E-state index in [1.54, 1.807) is 12.1 Å². The van der Waals surface area contributed by atoms with E-state index in [2.05, 4.69) is 4.72 Å². The molecule has 0 radical (unpaired) electrons. The fraction of sp³-hybridized carbons (Fsp3) is 0.500. The summed E-state index contributed by atoms with van der Waals surface area (Å²) in [6, 6.07) is 7.14. The van der Waals surface area contributed by atoms with Gasteiger partial charge in [0, 0.05) is 18.9 Å². The van der Waals surface area contributed by atoms with Crippen LogP contribution in [0.15, 0.2) is 30.3 Å². The van der Waals surface area contributed by atoms with Crippen molar-refractivity contribution in [3.05, 3.63) is 35.9 Å². The Balaban J connectivity index is 2.21. The van der Waals surface area contributed by atoms with Crippen molar-refractivity contribution in [1.82, 2.24) is 0 Å². The highest BCUT2D eigenvalue weighted by Crippen LogP contribution is 2.11. The van der Waals surface area contributed by atoms with Crippen molar-refractivity contribution in [2.45, 2.75) is 25.7 Å². The second kappa shape index (κ2) is 10.4. The Kier molecular flexibility index (Phi) is 8.81. The maximum Gasteiger partial charge on any atom is 0.229 e. The minimum absolute atomic E-state index is 0.266. The predicted molar refractivity (Wildman–Crippen MR) is 90.3 cm³/mol. The molecule has 2 N–H and O–H groups in total. The molecule has 6 heteroatoms. The van der Waals surface area contributed by atoms with E-state index in [1.807, 2.05) is 24.3 Å². The average molecular weight is 327 g/mol. The van der Waals surface area contributed by atoms with Crippen LogP contribution in [0, 0.1) is 0 Å². The number of rotatable bonds is 11. The summed E-state index contributed by atoms with van der Waals surface area (Å²) >= 11 is 0. The number of sulfonamides is 1. The van der Waals surface area contributed by atoms with E-state index in [0.717, 1.165) is 44.1 Å². The molecule has 0 unspecified atom stereocenters. The first-order chi connectivity index (χ1) is 10.5. The second-order valence-corrected chi connectivity index (χ2v) is 6.86. The third kappa shape index (κ3) is 9.55. The largest absolute Gasteiger partial charge is 0.396 e. The number of aliphatic hydroxyl groups is 1. The fourth-order valence-corrected chi connectivity index (χ4v) is 2.45. The molecule has 124 valence electrons. The minimum Gasteiger partial charge on any atom is -0.396 e. The van der Waals surface area contributed by atoms with Crippen LogP contribution in [0.25, 0.3) is 6.08 Å². The van der Waals surface area contributed by atoms with Gasteiger partial charge in [0.1, 0.15) is 0 Å². The molecule has 0 aromatic heterocycles. The molecule has 0 bridgehead atoms. The smallest absolute Gasteiger partial charge is 0.229 e. The van der Waals surface area contributed by atoms with Gasteiger partial charge in [0.05, 0.1) is 12.9 Å². The van der Waals surface area contributed by atoms with Gasteiger partial charge in [-0.05, 0) is 30.5 Å². The monoisotopic (exact) mass is 327 g/mol. The van der Waals surface area contributed by atoms with Crippen LogP contribution in [0.3, 0.4) is 0 Å². The summed E-state index contributed by atoms with van der Waals surface area (Å²) < 4.78 is 30.1. The molecule has 0 spiro atoms. The summed E-state index contributed by atoms with van der Waals surface area (Å²) in [6.07, 6.45) is 9.01. The molecule has 0 heterocycles. The molecule has 0 aliphatic rings. The van der Waals surface area contributed by atoms with Crippen molar-refractivity contribution in [3.63, 3.8) is 0 Å². The second-order valence-electron chi connectivity index (χ2n) is 5.11. The summed E-state index contributed by atoms with van der Waals surface area (Å²) in [7, 11) is -3.23. The van der Waals surface area contributed by atoms with Crippen LogP contribution < -0.4 is 4.72 Å². The van der Waals surface area contributed by atoms with Gasteiger partial charge in [-0.1, -0.05) is 37.1 Å². The van der Waals surface area contributed by atoms with E-state index in [0.29, 0.717) is 12.3 Å². The van der Waals surface area contributed by atoms with Crippen molar-refractivity contribution in [1.29, 1.82) is 0 Å². The van der Waals surface area contributed by atoms with E-state index in [9.17, 15) is 8.42 Å². The van der Waals surface area contributed by atoms with Crippen LogP contribution in [0.5, 0.6) is 0 Å². The lowest BCUT2D eigenvalue weighted by molar-refractivity contribution is 0.156. The van der Waals surface area contributed by atoms with Gasteiger partial charge in [-0.25, -0.2) is 8.42 Å². The zero-order chi connectivity index (χ0) is 16.3. The maximum atomic E-state index is 11.1. The zero-order valence-corrected chi connectivity index (χ0v) is 13.8. The van der Waals surface area contributed by atoms with Gasteiger partial charge in [-0.3, -0.25) is 4.72 Å². The summed E-state index contributed by atoms with van der Waals surface area (Å²) in [5, 5.41) is 8.65. The van der Waals surface area contributed by atoms with E-state index in [1.165, 1.54) is 0 Å². The lowest BCUT2D eigenvalue weighted by atomic mass is 10.2. The normalized spacial score (nSPS) is 11.9. The number of anilines is 1. The predicted octanol–water partition coefficient (Wildman–Crippen LogP) is 2.64. The van der Waals surface area contributed by atoms with Crippen LogP contribution >= 0.6 is 0 Å². The molecule has 0 fully saturated rings. The molecule has 0 amide bonds. The molecule has 0 aliphatic heterocycles. The number of unbranched alkanes of at least 4 members (excludes halogenated alkanes) is 3. The van der Waals surface area contributed by atoms with Crippen molar-refractivity contribution in [2.75, 3.05) is 30.8 Å². The van der Waals surface area contributed by atoms with Crippen molar-refractivity contribution >= 4 is 21.8 Å². The highest BCUT2D eigenvalue weighted by Gasteiger charge is 2.00. The minimum atomic E-state index is -3.23. The van der Waals surface area contributed by atoms with E-state index < -0.39 is 10.0 Å². The van der Waals surface area contributed by atoms with Crippen LogP contribution in [0.4, 0.5) is 5.69 Å². The molecular weight excluding hydrogens is 302 g/mol. The topological polar surface area (TPSA) is 75.6 Å². The van der Waals surface area contributed by atoms with Crippen molar-refractivity contribution in [3.8, 4) is 0 Å². The highest BCUT2D eigenvalue weighted by molar-refractivity contribution is 7.92. The Morgan fingerprint density at radius 2 is 1.82 bits per heavy atom. The fourth-order valence-electron chi connectivity index (χ4n) is 1.88. The van der Waals surface area contributed by atoms with Gasteiger partial charge < -0.3 is 9.84 Å². The standard InChI is InChI=1S/C16H25NO4S/c1-22(19,20)17-16-10-8-15(9-11-16)7-6-14-21-13-5-3-2-4-12-18/h6-11,17-18H,2-5,12-14H2,1H3/b7-6-. The number of benzene rings is 1. The highest BCUT2D eigenvalue weighted by atomic mass is 32.2. The first-order valence-corrected chi connectivity index (χ1v) is 9.33. The third-order valence-corrected chi connectivity index (χ3v) is 3.54.